The number of benzene rings is 1. The molecule has 1 aliphatic heterocycles. The van der Waals surface area contributed by atoms with Crippen molar-refractivity contribution in [3.8, 4) is 0 Å². The predicted molar refractivity (Wildman–Crippen MR) is 80.1 cm³/mol. The summed E-state index contributed by atoms with van der Waals surface area (Å²) in [5, 5.41) is 3.29. The summed E-state index contributed by atoms with van der Waals surface area (Å²) >= 11 is 11.7. The molecule has 1 aromatic carbocycles. The Balaban J connectivity index is 1.97. The molecule has 1 saturated heterocycles. The maximum absolute atomic E-state index is 12.0. The molecule has 4 nitrogen and oxygen atoms in total. The third kappa shape index (κ3) is 3.64. The van der Waals surface area contributed by atoms with Crippen molar-refractivity contribution in [3.63, 3.8) is 0 Å². The molecular weight excluding hydrogens is 299 g/mol. The van der Waals surface area contributed by atoms with Gasteiger partial charge >= 0.3 is 11.8 Å². The third-order valence-corrected chi connectivity index (χ3v) is 4.18. The molecule has 1 fully saturated rings. The molecule has 0 bridgehead atoms. The van der Waals surface area contributed by atoms with Gasteiger partial charge < -0.3 is 10.2 Å². The first-order valence-corrected chi connectivity index (χ1v) is 7.28. The summed E-state index contributed by atoms with van der Waals surface area (Å²) in [7, 11) is 0. The van der Waals surface area contributed by atoms with Crippen molar-refractivity contribution in [2.75, 3.05) is 18.4 Å². The maximum Gasteiger partial charge on any atom is 0.313 e. The van der Waals surface area contributed by atoms with E-state index in [1.165, 1.54) is 6.07 Å². The third-order valence-electron chi connectivity index (χ3n) is 3.44. The monoisotopic (exact) mass is 314 g/mol. The van der Waals surface area contributed by atoms with Crippen LogP contribution in [0.3, 0.4) is 0 Å². The highest BCUT2D eigenvalue weighted by Crippen LogP contribution is 2.25. The van der Waals surface area contributed by atoms with Gasteiger partial charge in [-0.2, -0.15) is 0 Å². The number of nitrogens with zero attached hydrogens (tertiary/aromatic N) is 1. The van der Waals surface area contributed by atoms with Crippen LogP contribution in [0.15, 0.2) is 18.2 Å². The van der Waals surface area contributed by atoms with Gasteiger partial charge in [0.1, 0.15) is 0 Å². The van der Waals surface area contributed by atoms with Gasteiger partial charge in [-0.1, -0.05) is 30.1 Å². The van der Waals surface area contributed by atoms with E-state index < -0.39 is 11.8 Å². The molecule has 1 aromatic rings. The number of carbonyl (C=O) groups is 2. The molecule has 0 unspecified atom stereocenters. The fraction of sp³-hybridized carbons (Fsp3) is 0.429. The van der Waals surface area contributed by atoms with E-state index in [-0.39, 0.29) is 0 Å². The van der Waals surface area contributed by atoms with Crippen molar-refractivity contribution in [2.24, 2.45) is 5.92 Å². The lowest BCUT2D eigenvalue weighted by molar-refractivity contribution is -0.144. The number of amides is 2. The molecule has 1 N–H and O–H groups in total. The zero-order chi connectivity index (χ0) is 14.7. The van der Waals surface area contributed by atoms with Gasteiger partial charge in [0.2, 0.25) is 0 Å². The van der Waals surface area contributed by atoms with E-state index in [1.807, 2.05) is 0 Å². The van der Waals surface area contributed by atoms with Gasteiger partial charge in [-0.15, -0.1) is 0 Å². The number of rotatable bonds is 1. The van der Waals surface area contributed by atoms with E-state index in [0.717, 1.165) is 12.8 Å². The van der Waals surface area contributed by atoms with E-state index in [9.17, 15) is 9.59 Å². The van der Waals surface area contributed by atoms with Gasteiger partial charge in [-0.3, -0.25) is 9.59 Å². The van der Waals surface area contributed by atoms with Crippen LogP contribution in [0.4, 0.5) is 5.69 Å². The highest BCUT2D eigenvalue weighted by Gasteiger charge is 2.25. The van der Waals surface area contributed by atoms with E-state index in [0.29, 0.717) is 34.7 Å². The number of nitrogens with one attached hydrogen (secondary N) is 1. The average Bonchev–Trinajstić information content (AvgIpc) is 2.43. The van der Waals surface area contributed by atoms with Crippen molar-refractivity contribution in [1.82, 2.24) is 4.90 Å². The summed E-state index contributed by atoms with van der Waals surface area (Å²) in [5.74, 6) is -0.530. The van der Waals surface area contributed by atoms with Crippen LogP contribution in [0.2, 0.25) is 10.0 Å². The minimum absolute atomic E-state index is 0.337. The predicted octanol–water partition coefficient (Wildman–Crippen LogP) is 3.19. The van der Waals surface area contributed by atoms with Crippen molar-refractivity contribution in [3.05, 3.63) is 28.2 Å². The van der Waals surface area contributed by atoms with Crippen LogP contribution in [0.1, 0.15) is 19.8 Å². The number of anilines is 1. The van der Waals surface area contributed by atoms with Gasteiger partial charge in [0, 0.05) is 18.8 Å². The smallest absolute Gasteiger partial charge is 0.313 e. The highest BCUT2D eigenvalue weighted by atomic mass is 35.5. The number of piperidine rings is 1. The van der Waals surface area contributed by atoms with E-state index >= 15 is 0 Å². The molecular formula is C14H16Cl2N2O2. The Kier molecular flexibility index (Phi) is 4.89. The summed E-state index contributed by atoms with van der Waals surface area (Å²) in [6.07, 6.45) is 1.87. The van der Waals surface area contributed by atoms with Crippen LogP contribution in [0.25, 0.3) is 0 Å². The number of carbonyl (C=O) groups excluding carboxylic acids is 2. The second kappa shape index (κ2) is 6.46. The maximum atomic E-state index is 12.0. The lowest BCUT2D eigenvalue weighted by Crippen LogP contribution is -2.43. The van der Waals surface area contributed by atoms with Crippen LogP contribution in [-0.2, 0) is 9.59 Å². The minimum Gasteiger partial charge on any atom is -0.334 e. The van der Waals surface area contributed by atoms with Crippen molar-refractivity contribution < 1.29 is 9.59 Å². The number of halogens is 2. The average molecular weight is 315 g/mol. The summed E-state index contributed by atoms with van der Waals surface area (Å²) in [5.41, 5.74) is 0.461. The van der Waals surface area contributed by atoms with Crippen LogP contribution in [-0.4, -0.2) is 29.8 Å². The van der Waals surface area contributed by atoms with Gasteiger partial charge in [-0.05, 0) is 37.0 Å². The number of hydrogen-bond acceptors (Lipinski definition) is 2. The zero-order valence-corrected chi connectivity index (χ0v) is 12.7. The molecule has 0 saturated carbocycles. The Hall–Kier alpha value is -1.26. The molecule has 1 heterocycles. The van der Waals surface area contributed by atoms with Crippen LogP contribution in [0, 0.1) is 5.92 Å². The Bertz CT molecular complexity index is 526. The molecule has 6 heteroatoms. The standard InChI is InChI=1S/C14H16Cl2N2O2/c1-9-4-6-18(7-5-9)14(20)13(19)17-10-2-3-11(15)12(16)8-10/h2-3,8-9H,4-7H2,1H3,(H,17,19). The quantitative estimate of drug-likeness (QED) is 0.809. The van der Waals surface area contributed by atoms with Crippen molar-refractivity contribution in [1.29, 1.82) is 0 Å². The first-order valence-electron chi connectivity index (χ1n) is 6.52. The molecule has 108 valence electrons. The fourth-order valence-electron chi connectivity index (χ4n) is 2.11. The summed E-state index contributed by atoms with van der Waals surface area (Å²) in [6, 6.07) is 4.71. The summed E-state index contributed by atoms with van der Waals surface area (Å²) < 4.78 is 0. The fourth-order valence-corrected chi connectivity index (χ4v) is 2.41. The van der Waals surface area contributed by atoms with E-state index in [4.69, 9.17) is 23.2 Å². The Morgan fingerprint density at radius 3 is 2.45 bits per heavy atom. The van der Waals surface area contributed by atoms with Crippen LogP contribution < -0.4 is 5.32 Å². The second-order valence-electron chi connectivity index (χ2n) is 5.06. The first-order chi connectivity index (χ1) is 9.47. The largest absolute Gasteiger partial charge is 0.334 e. The summed E-state index contributed by atoms with van der Waals surface area (Å²) in [4.78, 5) is 25.5. The lowest BCUT2D eigenvalue weighted by atomic mass is 9.99. The Morgan fingerprint density at radius 1 is 1.20 bits per heavy atom. The molecule has 0 aromatic heterocycles. The molecule has 0 spiro atoms. The van der Waals surface area contributed by atoms with Gasteiger partial charge in [-0.25, -0.2) is 0 Å². The molecule has 0 radical (unpaired) electrons. The minimum atomic E-state index is -0.641. The van der Waals surface area contributed by atoms with Crippen molar-refractivity contribution >= 4 is 40.7 Å². The zero-order valence-electron chi connectivity index (χ0n) is 11.2. The highest BCUT2D eigenvalue weighted by molar-refractivity contribution is 6.42. The molecule has 0 atom stereocenters. The molecule has 20 heavy (non-hydrogen) atoms. The normalized spacial score (nSPS) is 16.1. The van der Waals surface area contributed by atoms with E-state index in [2.05, 4.69) is 12.2 Å². The molecule has 2 amide bonds. The van der Waals surface area contributed by atoms with Gasteiger partial charge in [0.15, 0.2) is 0 Å². The Morgan fingerprint density at radius 2 is 1.85 bits per heavy atom. The lowest BCUT2D eigenvalue weighted by Gasteiger charge is -2.29. The Labute approximate surface area is 128 Å². The number of hydrogen-bond donors (Lipinski definition) is 1. The van der Waals surface area contributed by atoms with Crippen LogP contribution >= 0.6 is 23.2 Å². The number of likely N-dealkylation sites (tertiary alicyclic amines) is 1. The topological polar surface area (TPSA) is 49.4 Å². The first kappa shape index (κ1) is 15.1. The molecule has 2 rings (SSSR count). The van der Waals surface area contributed by atoms with Crippen LogP contribution in [0.5, 0.6) is 0 Å². The molecule has 0 aliphatic carbocycles. The SMILES string of the molecule is CC1CCN(C(=O)C(=O)Nc2ccc(Cl)c(Cl)c2)CC1. The van der Waals surface area contributed by atoms with Crippen molar-refractivity contribution in [2.45, 2.75) is 19.8 Å². The second-order valence-corrected chi connectivity index (χ2v) is 5.87. The van der Waals surface area contributed by atoms with E-state index in [1.54, 1.807) is 17.0 Å². The summed E-state index contributed by atoms with van der Waals surface area (Å²) in [6.45, 7) is 3.42. The van der Waals surface area contributed by atoms with Gasteiger partial charge in [0.25, 0.3) is 0 Å². The van der Waals surface area contributed by atoms with Gasteiger partial charge in [0.05, 0.1) is 10.0 Å². The molecule has 1 aliphatic rings.